The maximum atomic E-state index is 11.5. The molecular weight excluding hydrogens is 226 g/mol. The zero-order chi connectivity index (χ0) is 13.1. The Morgan fingerprint density at radius 3 is 3.06 bits per heavy atom. The summed E-state index contributed by atoms with van der Waals surface area (Å²) in [6.45, 7) is 3.13. The monoisotopic (exact) mass is 253 g/mol. The van der Waals surface area contributed by atoms with Crippen molar-refractivity contribution in [3.8, 4) is 0 Å². The molecule has 1 atom stereocenters. The van der Waals surface area contributed by atoms with Crippen molar-refractivity contribution in [3.05, 3.63) is 12.2 Å². The number of unbranched alkanes of at least 4 members (excludes halogenated alkanes) is 2. The molecule has 0 aliphatic heterocycles. The second kappa shape index (κ2) is 10.1. The first-order valence-electron chi connectivity index (χ1n) is 7.38. The molecule has 0 radical (unpaired) electrons. The summed E-state index contributed by atoms with van der Waals surface area (Å²) in [7, 11) is 0. The van der Waals surface area contributed by atoms with E-state index in [2.05, 4.69) is 24.4 Å². The fourth-order valence-electron chi connectivity index (χ4n) is 2.10. The van der Waals surface area contributed by atoms with Gasteiger partial charge in [0.2, 0.25) is 5.91 Å². The van der Waals surface area contributed by atoms with Crippen molar-refractivity contribution in [3.63, 3.8) is 0 Å². The Morgan fingerprint density at radius 1 is 1.33 bits per heavy atom. The molecule has 0 aromatic carbocycles. The second-order valence-corrected chi connectivity index (χ2v) is 4.97. The van der Waals surface area contributed by atoms with Crippen LogP contribution in [0.4, 0.5) is 0 Å². The number of hydrogen-bond donors (Lipinski definition) is 1. The molecule has 1 aliphatic carbocycles. The molecule has 0 aromatic heterocycles. The van der Waals surface area contributed by atoms with Crippen LogP contribution in [0.3, 0.4) is 0 Å². The molecule has 1 unspecified atom stereocenters. The van der Waals surface area contributed by atoms with Crippen LogP contribution < -0.4 is 5.32 Å². The molecule has 1 rings (SSSR count). The van der Waals surface area contributed by atoms with Crippen LogP contribution in [0.1, 0.15) is 58.3 Å². The summed E-state index contributed by atoms with van der Waals surface area (Å²) in [5.41, 5.74) is 0. The highest BCUT2D eigenvalue weighted by Crippen LogP contribution is 2.13. The van der Waals surface area contributed by atoms with Crippen molar-refractivity contribution in [2.75, 3.05) is 13.2 Å². The van der Waals surface area contributed by atoms with E-state index in [4.69, 9.17) is 4.74 Å². The van der Waals surface area contributed by atoms with Gasteiger partial charge in [0, 0.05) is 6.54 Å². The van der Waals surface area contributed by atoms with E-state index in [1.807, 2.05) is 0 Å². The molecule has 0 bridgehead atoms. The third-order valence-electron chi connectivity index (χ3n) is 3.24. The van der Waals surface area contributed by atoms with E-state index in [1.54, 1.807) is 0 Å². The van der Waals surface area contributed by atoms with Crippen LogP contribution in [0.5, 0.6) is 0 Å². The molecule has 104 valence electrons. The Labute approximate surface area is 111 Å². The van der Waals surface area contributed by atoms with E-state index in [9.17, 15) is 4.79 Å². The molecule has 0 spiro atoms. The molecule has 0 saturated carbocycles. The molecule has 18 heavy (non-hydrogen) atoms. The Morgan fingerprint density at radius 2 is 2.22 bits per heavy atom. The highest BCUT2D eigenvalue weighted by Gasteiger charge is 2.09. The van der Waals surface area contributed by atoms with Crippen LogP contribution in [-0.2, 0) is 9.53 Å². The largest absolute Gasteiger partial charge is 0.364 e. The first-order chi connectivity index (χ1) is 8.83. The Hall–Kier alpha value is -0.830. The predicted molar refractivity (Wildman–Crippen MR) is 74.5 cm³/mol. The molecule has 0 saturated heterocycles. The minimum atomic E-state index is 0.0153. The van der Waals surface area contributed by atoms with Crippen LogP contribution in [0.25, 0.3) is 0 Å². The van der Waals surface area contributed by atoms with Gasteiger partial charge >= 0.3 is 0 Å². The maximum absolute atomic E-state index is 11.5. The Balaban J connectivity index is 2.10. The lowest BCUT2D eigenvalue weighted by Gasteiger charge is -2.16. The van der Waals surface area contributed by atoms with E-state index in [0.717, 1.165) is 25.8 Å². The van der Waals surface area contributed by atoms with E-state index < -0.39 is 0 Å². The summed E-state index contributed by atoms with van der Waals surface area (Å²) in [6.07, 6.45) is 13.8. The summed E-state index contributed by atoms with van der Waals surface area (Å²) in [5, 5.41) is 2.90. The zero-order valence-corrected chi connectivity index (χ0v) is 11.6. The average Bonchev–Trinajstić information content (AvgIpc) is 2.33. The van der Waals surface area contributed by atoms with Gasteiger partial charge in [-0.2, -0.15) is 0 Å². The summed E-state index contributed by atoms with van der Waals surface area (Å²) >= 11 is 0. The van der Waals surface area contributed by atoms with Crippen molar-refractivity contribution in [1.82, 2.24) is 5.32 Å². The molecule has 1 aliphatic rings. The number of ether oxygens (including phenoxy) is 1. The van der Waals surface area contributed by atoms with Crippen LogP contribution >= 0.6 is 0 Å². The van der Waals surface area contributed by atoms with E-state index >= 15 is 0 Å². The third kappa shape index (κ3) is 7.49. The summed E-state index contributed by atoms with van der Waals surface area (Å²) in [5.74, 6) is 0.0153. The van der Waals surface area contributed by atoms with Crippen LogP contribution in [-0.4, -0.2) is 25.2 Å². The number of allylic oxidation sites excluding steroid dienone is 1. The zero-order valence-electron chi connectivity index (χ0n) is 11.6. The van der Waals surface area contributed by atoms with Crippen molar-refractivity contribution in [2.45, 2.75) is 64.4 Å². The minimum Gasteiger partial charge on any atom is -0.364 e. The van der Waals surface area contributed by atoms with Gasteiger partial charge in [-0.25, -0.2) is 0 Å². The summed E-state index contributed by atoms with van der Waals surface area (Å²) in [6, 6.07) is 0. The topological polar surface area (TPSA) is 38.3 Å². The van der Waals surface area contributed by atoms with Gasteiger partial charge in [-0.3, -0.25) is 4.79 Å². The molecule has 3 heteroatoms. The standard InChI is InChI=1S/C15H27NO2/c1-2-3-9-12-16-15(17)13-18-14-10-7-5-4-6-8-11-14/h7,10,14H,2-6,8-9,11-13H2,1H3,(H,16,17)/b10-7-. The van der Waals surface area contributed by atoms with Gasteiger partial charge < -0.3 is 10.1 Å². The lowest BCUT2D eigenvalue weighted by atomic mass is 10.0. The molecular formula is C15H27NO2. The van der Waals surface area contributed by atoms with Gasteiger partial charge in [0.25, 0.3) is 0 Å². The van der Waals surface area contributed by atoms with Gasteiger partial charge in [0.1, 0.15) is 6.61 Å². The van der Waals surface area contributed by atoms with E-state index in [1.165, 1.54) is 32.1 Å². The van der Waals surface area contributed by atoms with Gasteiger partial charge in [-0.1, -0.05) is 44.8 Å². The van der Waals surface area contributed by atoms with Crippen molar-refractivity contribution in [2.24, 2.45) is 0 Å². The van der Waals surface area contributed by atoms with E-state index in [0.29, 0.717) is 0 Å². The van der Waals surface area contributed by atoms with Crippen LogP contribution in [0, 0.1) is 0 Å². The maximum Gasteiger partial charge on any atom is 0.246 e. The summed E-state index contributed by atoms with van der Waals surface area (Å²) in [4.78, 5) is 11.5. The number of hydrogen-bond acceptors (Lipinski definition) is 2. The molecule has 1 N–H and O–H groups in total. The molecule has 0 fully saturated rings. The average molecular weight is 253 g/mol. The quantitative estimate of drug-likeness (QED) is 0.559. The fourth-order valence-corrected chi connectivity index (χ4v) is 2.10. The smallest absolute Gasteiger partial charge is 0.246 e. The number of amides is 1. The number of carbonyl (C=O) groups is 1. The summed E-state index contributed by atoms with van der Waals surface area (Å²) < 4.78 is 5.64. The lowest BCUT2D eigenvalue weighted by molar-refractivity contribution is -0.126. The SMILES string of the molecule is CCCCCNC(=O)COC1/C=C\CCCCC1. The molecule has 1 amide bonds. The molecule has 0 aromatic rings. The highest BCUT2D eigenvalue weighted by atomic mass is 16.5. The molecule has 0 heterocycles. The third-order valence-corrected chi connectivity index (χ3v) is 3.24. The van der Waals surface area contributed by atoms with Crippen molar-refractivity contribution in [1.29, 1.82) is 0 Å². The van der Waals surface area contributed by atoms with E-state index in [-0.39, 0.29) is 18.6 Å². The van der Waals surface area contributed by atoms with Gasteiger partial charge in [0.05, 0.1) is 6.10 Å². The number of nitrogens with one attached hydrogen (secondary N) is 1. The predicted octanol–water partition coefficient (Wildman–Crippen LogP) is 3.20. The minimum absolute atomic E-state index is 0.0153. The van der Waals surface area contributed by atoms with Crippen LogP contribution in [0.15, 0.2) is 12.2 Å². The fraction of sp³-hybridized carbons (Fsp3) is 0.800. The first-order valence-corrected chi connectivity index (χ1v) is 7.38. The lowest BCUT2D eigenvalue weighted by Crippen LogP contribution is -2.30. The Kier molecular flexibility index (Phi) is 8.57. The molecule has 3 nitrogen and oxygen atoms in total. The van der Waals surface area contributed by atoms with Crippen molar-refractivity contribution >= 4 is 5.91 Å². The highest BCUT2D eigenvalue weighted by molar-refractivity contribution is 5.77. The van der Waals surface area contributed by atoms with Gasteiger partial charge in [0.15, 0.2) is 0 Å². The number of rotatable bonds is 7. The Bertz CT molecular complexity index is 251. The first kappa shape index (κ1) is 15.2. The van der Waals surface area contributed by atoms with Gasteiger partial charge in [-0.05, 0) is 25.7 Å². The second-order valence-electron chi connectivity index (χ2n) is 4.97. The van der Waals surface area contributed by atoms with Crippen molar-refractivity contribution < 1.29 is 9.53 Å². The normalized spacial score (nSPS) is 21.9. The van der Waals surface area contributed by atoms with Crippen LogP contribution in [0.2, 0.25) is 0 Å². The number of carbonyl (C=O) groups excluding carboxylic acids is 1. The van der Waals surface area contributed by atoms with Gasteiger partial charge in [-0.15, -0.1) is 0 Å².